The van der Waals surface area contributed by atoms with Crippen LogP contribution in [0, 0.1) is 13.8 Å². The Morgan fingerprint density at radius 2 is 2.05 bits per heavy atom. The molecule has 0 bridgehead atoms. The monoisotopic (exact) mass is 292 g/mol. The first-order valence-corrected chi connectivity index (χ1v) is 6.78. The number of nitrogens with zero attached hydrogens (tertiary/aromatic N) is 3. The van der Waals surface area contributed by atoms with Crippen molar-refractivity contribution in [2.24, 2.45) is 7.05 Å². The molecule has 1 heterocycles. The highest BCUT2D eigenvalue weighted by molar-refractivity contribution is 7.99. The molecule has 0 atom stereocenters. The summed E-state index contributed by atoms with van der Waals surface area (Å²) in [6, 6.07) is 3.62. The molecule has 106 valence electrons. The van der Waals surface area contributed by atoms with Gasteiger partial charge in [-0.3, -0.25) is 0 Å². The molecule has 0 amide bonds. The van der Waals surface area contributed by atoms with E-state index in [1.807, 2.05) is 31.5 Å². The number of aryl methyl sites for hydroxylation is 2. The number of benzene rings is 1. The van der Waals surface area contributed by atoms with E-state index in [1.54, 1.807) is 6.07 Å². The minimum Gasteiger partial charge on any atom is -0.465 e. The number of hydrogen-bond donors (Lipinski definition) is 1. The number of esters is 1. The summed E-state index contributed by atoms with van der Waals surface area (Å²) >= 11 is 1.43. The highest BCUT2D eigenvalue weighted by Crippen LogP contribution is 2.31. The van der Waals surface area contributed by atoms with Crippen molar-refractivity contribution in [3.63, 3.8) is 0 Å². The minimum absolute atomic E-state index is 0.369. The first-order chi connectivity index (χ1) is 9.43. The zero-order valence-corrected chi connectivity index (χ0v) is 12.6. The maximum Gasteiger partial charge on any atom is 0.340 e. The third-order valence-corrected chi connectivity index (χ3v) is 4.04. The number of ether oxygens (including phenoxy) is 1. The molecule has 1 aromatic heterocycles. The lowest BCUT2D eigenvalue weighted by Crippen LogP contribution is -2.07. The zero-order valence-electron chi connectivity index (χ0n) is 11.8. The summed E-state index contributed by atoms with van der Waals surface area (Å²) < 4.78 is 6.63. The topological polar surface area (TPSA) is 83.0 Å². The second-order valence-electron chi connectivity index (χ2n) is 4.38. The van der Waals surface area contributed by atoms with Gasteiger partial charge in [-0.1, -0.05) is 0 Å². The Morgan fingerprint density at radius 1 is 1.35 bits per heavy atom. The van der Waals surface area contributed by atoms with E-state index in [2.05, 4.69) is 10.2 Å². The summed E-state index contributed by atoms with van der Waals surface area (Å²) in [7, 11) is 3.23. The van der Waals surface area contributed by atoms with Gasteiger partial charge in [0.25, 0.3) is 0 Å². The van der Waals surface area contributed by atoms with Crippen molar-refractivity contribution in [1.29, 1.82) is 0 Å². The largest absolute Gasteiger partial charge is 0.465 e. The number of carbonyl (C=O) groups excluding carboxylic acids is 1. The smallest absolute Gasteiger partial charge is 0.340 e. The molecule has 0 fully saturated rings. The van der Waals surface area contributed by atoms with Crippen LogP contribution in [-0.4, -0.2) is 27.8 Å². The zero-order chi connectivity index (χ0) is 14.9. The number of anilines is 1. The summed E-state index contributed by atoms with van der Waals surface area (Å²) in [6.07, 6.45) is 0. The van der Waals surface area contributed by atoms with E-state index in [0.717, 1.165) is 21.4 Å². The molecule has 7 heteroatoms. The first-order valence-electron chi connectivity index (χ1n) is 5.96. The third kappa shape index (κ3) is 2.62. The van der Waals surface area contributed by atoms with Crippen molar-refractivity contribution in [3.05, 3.63) is 29.1 Å². The Labute approximate surface area is 121 Å². The van der Waals surface area contributed by atoms with Crippen LogP contribution in [0.4, 0.5) is 5.69 Å². The van der Waals surface area contributed by atoms with Crippen molar-refractivity contribution in [3.8, 4) is 0 Å². The highest BCUT2D eigenvalue weighted by Gasteiger charge is 2.15. The van der Waals surface area contributed by atoms with Crippen LogP contribution in [0.25, 0.3) is 0 Å². The predicted molar refractivity (Wildman–Crippen MR) is 76.8 cm³/mol. The molecule has 0 unspecified atom stereocenters. The number of hydrogen-bond acceptors (Lipinski definition) is 6. The lowest BCUT2D eigenvalue weighted by atomic mass is 10.1. The SMILES string of the molecule is COC(=O)c1cc(Sc2nnc(C)n2C)cc(C)c1N. The molecule has 0 saturated heterocycles. The van der Waals surface area contributed by atoms with Gasteiger partial charge in [0, 0.05) is 17.6 Å². The second kappa shape index (κ2) is 5.54. The molecule has 0 spiro atoms. The number of nitrogen functional groups attached to an aromatic ring is 1. The van der Waals surface area contributed by atoms with Crippen molar-refractivity contribution in [1.82, 2.24) is 14.8 Å². The van der Waals surface area contributed by atoms with Gasteiger partial charge in [-0.25, -0.2) is 4.79 Å². The van der Waals surface area contributed by atoms with Crippen LogP contribution < -0.4 is 5.73 Å². The van der Waals surface area contributed by atoms with E-state index in [-0.39, 0.29) is 0 Å². The fraction of sp³-hybridized carbons (Fsp3) is 0.308. The molecular weight excluding hydrogens is 276 g/mol. The Morgan fingerprint density at radius 3 is 2.60 bits per heavy atom. The minimum atomic E-state index is -0.442. The van der Waals surface area contributed by atoms with Crippen LogP contribution in [-0.2, 0) is 11.8 Å². The van der Waals surface area contributed by atoms with Gasteiger partial charge in [0.05, 0.1) is 12.7 Å². The van der Waals surface area contributed by atoms with E-state index >= 15 is 0 Å². The second-order valence-corrected chi connectivity index (χ2v) is 5.42. The van der Waals surface area contributed by atoms with Gasteiger partial charge in [0.2, 0.25) is 0 Å². The molecule has 0 aliphatic rings. The fourth-order valence-electron chi connectivity index (χ4n) is 1.69. The molecule has 2 rings (SSSR count). The van der Waals surface area contributed by atoms with Crippen LogP contribution in [0.1, 0.15) is 21.7 Å². The average Bonchev–Trinajstić information content (AvgIpc) is 2.73. The van der Waals surface area contributed by atoms with Gasteiger partial charge in [-0.2, -0.15) is 0 Å². The molecule has 20 heavy (non-hydrogen) atoms. The summed E-state index contributed by atoms with van der Waals surface area (Å²) in [4.78, 5) is 12.6. The summed E-state index contributed by atoms with van der Waals surface area (Å²) in [5.41, 5.74) is 7.55. The van der Waals surface area contributed by atoms with Crippen LogP contribution in [0.5, 0.6) is 0 Å². The number of carbonyl (C=O) groups is 1. The molecule has 2 N–H and O–H groups in total. The van der Waals surface area contributed by atoms with Crippen LogP contribution in [0.3, 0.4) is 0 Å². The van der Waals surface area contributed by atoms with Crippen molar-refractivity contribution < 1.29 is 9.53 Å². The first kappa shape index (κ1) is 14.4. The van der Waals surface area contributed by atoms with E-state index < -0.39 is 5.97 Å². The highest BCUT2D eigenvalue weighted by atomic mass is 32.2. The maximum absolute atomic E-state index is 11.7. The molecule has 0 aliphatic heterocycles. The third-order valence-electron chi connectivity index (χ3n) is 3.03. The van der Waals surface area contributed by atoms with Crippen molar-refractivity contribution >= 4 is 23.4 Å². The normalized spacial score (nSPS) is 10.6. The standard InChI is InChI=1S/C13H16N4O2S/c1-7-5-9(6-10(11(7)14)12(18)19-4)20-13-16-15-8(2)17(13)3/h5-6H,14H2,1-4H3. The van der Waals surface area contributed by atoms with Crippen LogP contribution in [0.2, 0.25) is 0 Å². The molecule has 0 radical (unpaired) electrons. The lowest BCUT2D eigenvalue weighted by Gasteiger charge is -2.10. The Kier molecular flexibility index (Phi) is 3.99. The van der Waals surface area contributed by atoms with E-state index in [4.69, 9.17) is 10.5 Å². The maximum atomic E-state index is 11.7. The van der Waals surface area contributed by atoms with Gasteiger partial charge in [-0.15, -0.1) is 10.2 Å². The Bertz CT molecular complexity index is 667. The van der Waals surface area contributed by atoms with E-state index in [1.165, 1.54) is 18.9 Å². The number of nitrogens with two attached hydrogens (primary N) is 1. The van der Waals surface area contributed by atoms with Gasteiger partial charge in [0.1, 0.15) is 5.82 Å². The molecule has 6 nitrogen and oxygen atoms in total. The van der Waals surface area contributed by atoms with Crippen LogP contribution in [0.15, 0.2) is 22.2 Å². The number of methoxy groups -OCH3 is 1. The Hall–Kier alpha value is -2.02. The van der Waals surface area contributed by atoms with Crippen LogP contribution >= 0.6 is 11.8 Å². The van der Waals surface area contributed by atoms with E-state index in [9.17, 15) is 4.79 Å². The fourth-order valence-corrected chi connectivity index (χ4v) is 2.66. The average molecular weight is 292 g/mol. The Balaban J connectivity index is 2.40. The van der Waals surface area contributed by atoms with Crippen molar-refractivity contribution in [2.45, 2.75) is 23.9 Å². The molecular formula is C13H16N4O2S. The van der Waals surface area contributed by atoms with Gasteiger partial charge in [-0.05, 0) is 43.3 Å². The predicted octanol–water partition coefficient (Wildman–Crippen LogP) is 1.95. The number of aromatic nitrogens is 3. The quantitative estimate of drug-likeness (QED) is 0.687. The van der Waals surface area contributed by atoms with Gasteiger partial charge >= 0.3 is 5.97 Å². The summed E-state index contributed by atoms with van der Waals surface area (Å²) in [5.74, 6) is 0.384. The van der Waals surface area contributed by atoms with Crippen molar-refractivity contribution in [2.75, 3.05) is 12.8 Å². The number of rotatable bonds is 3. The van der Waals surface area contributed by atoms with Gasteiger partial charge in [0.15, 0.2) is 5.16 Å². The molecule has 1 aromatic carbocycles. The van der Waals surface area contributed by atoms with E-state index in [0.29, 0.717) is 11.3 Å². The molecule has 0 aliphatic carbocycles. The van der Waals surface area contributed by atoms with Gasteiger partial charge < -0.3 is 15.0 Å². The summed E-state index contributed by atoms with van der Waals surface area (Å²) in [6.45, 7) is 3.74. The molecule has 0 saturated carbocycles. The molecule has 2 aromatic rings. The summed E-state index contributed by atoms with van der Waals surface area (Å²) in [5, 5.41) is 8.84. The lowest BCUT2D eigenvalue weighted by molar-refractivity contribution is 0.0601.